The molecule has 3 nitrogen and oxygen atoms in total. The van der Waals surface area contributed by atoms with Crippen molar-refractivity contribution in [1.82, 2.24) is 0 Å². The highest BCUT2D eigenvalue weighted by atomic mass is 16.7. The van der Waals surface area contributed by atoms with Crippen LogP contribution in [-0.2, 0) is 9.47 Å². The first-order valence-electron chi connectivity index (χ1n) is 7.96. The molecule has 0 atom stereocenters. The average Bonchev–Trinajstić information content (AvgIpc) is 2.48. The minimum absolute atomic E-state index is 0.00191. The van der Waals surface area contributed by atoms with Crippen LogP contribution in [0.1, 0.15) is 58.3 Å². The SMILES string of the molecule is CCCCCC1COC(C2CCC(C#N)CC2)OC1. The molecule has 0 aromatic heterocycles. The highest BCUT2D eigenvalue weighted by Crippen LogP contribution is 2.34. The summed E-state index contributed by atoms with van der Waals surface area (Å²) in [7, 11) is 0. The van der Waals surface area contributed by atoms with Gasteiger partial charge in [-0.3, -0.25) is 0 Å². The van der Waals surface area contributed by atoms with Gasteiger partial charge in [0.25, 0.3) is 0 Å². The molecule has 2 rings (SSSR count). The number of nitrogens with zero attached hydrogens (tertiary/aromatic N) is 1. The molecule has 0 radical (unpaired) electrons. The summed E-state index contributed by atoms with van der Waals surface area (Å²) in [6, 6.07) is 2.38. The Hall–Kier alpha value is -0.590. The molecule has 0 aromatic carbocycles. The second kappa shape index (κ2) is 7.87. The maximum Gasteiger partial charge on any atom is 0.160 e. The molecule has 0 amide bonds. The van der Waals surface area contributed by atoms with Crippen molar-refractivity contribution in [3.8, 4) is 6.07 Å². The van der Waals surface area contributed by atoms with Crippen LogP contribution in [0.15, 0.2) is 0 Å². The predicted molar refractivity (Wildman–Crippen MR) is 74.4 cm³/mol. The highest BCUT2D eigenvalue weighted by molar-refractivity contribution is 4.88. The van der Waals surface area contributed by atoms with Crippen molar-refractivity contribution in [2.45, 2.75) is 64.6 Å². The Morgan fingerprint density at radius 3 is 2.32 bits per heavy atom. The van der Waals surface area contributed by atoms with Gasteiger partial charge in [-0.1, -0.05) is 26.2 Å². The van der Waals surface area contributed by atoms with Crippen molar-refractivity contribution in [3.63, 3.8) is 0 Å². The van der Waals surface area contributed by atoms with Crippen molar-refractivity contribution in [3.05, 3.63) is 0 Å². The molecule has 0 bridgehead atoms. The first kappa shape index (κ1) is 14.8. The second-order valence-electron chi connectivity index (χ2n) is 6.14. The van der Waals surface area contributed by atoms with E-state index in [9.17, 15) is 0 Å². The fraction of sp³-hybridized carbons (Fsp3) is 0.938. The maximum absolute atomic E-state index is 8.91. The molecule has 0 aromatic rings. The van der Waals surface area contributed by atoms with Gasteiger partial charge in [-0.25, -0.2) is 0 Å². The monoisotopic (exact) mass is 265 g/mol. The standard InChI is InChI=1S/C16H27NO2/c1-2-3-4-5-14-11-18-16(19-12-14)15-8-6-13(10-17)7-9-15/h13-16H,2-9,11-12H2,1H3. The largest absolute Gasteiger partial charge is 0.352 e. The van der Waals surface area contributed by atoms with Crippen molar-refractivity contribution in [2.75, 3.05) is 13.2 Å². The number of ether oxygens (including phenoxy) is 2. The van der Waals surface area contributed by atoms with Crippen molar-refractivity contribution < 1.29 is 9.47 Å². The van der Waals surface area contributed by atoms with Gasteiger partial charge >= 0.3 is 0 Å². The molecule has 1 saturated carbocycles. The minimum atomic E-state index is 0.00191. The van der Waals surface area contributed by atoms with E-state index in [1.807, 2.05) is 0 Å². The normalized spacial score (nSPS) is 35.8. The van der Waals surface area contributed by atoms with Crippen LogP contribution in [-0.4, -0.2) is 19.5 Å². The molecular formula is C16H27NO2. The molecule has 2 aliphatic rings. The third kappa shape index (κ3) is 4.47. The van der Waals surface area contributed by atoms with Crippen LogP contribution in [0.25, 0.3) is 0 Å². The van der Waals surface area contributed by atoms with Crippen LogP contribution in [0.4, 0.5) is 0 Å². The Labute approximate surface area is 117 Å². The van der Waals surface area contributed by atoms with Crippen LogP contribution in [0.5, 0.6) is 0 Å². The Morgan fingerprint density at radius 2 is 1.74 bits per heavy atom. The van der Waals surface area contributed by atoms with Crippen molar-refractivity contribution in [1.29, 1.82) is 5.26 Å². The molecule has 2 fully saturated rings. The van der Waals surface area contributed by atoms with E-state index in [1.54, 1.807) is 0 Å². The molecule has 3 heteroatoms. The van der Waals surface area contributed by atoms with E-state index in [-0.39, 0.29) is 12.2 Å². The maximum atomic E-state index is 8.91. The second-order valence-corrected chi connectivity index (χ2v) is 6.14. The molecule has 1 heterocycles. The summed E-state index contributed by atoms with van der Waals surface area (Å²) in [6.07, 6.45) is 9.34. The predicted octanol–water partition coefficient (Wildman–Crippen LogP) is 3.89. The van der Waals surface area contributed by atoms with Crippen LogP contribution in [0.3, 0.4) is 0 Å². The molecule has 1 aliphatic carbocycles. The summed E-state index contributed by atoms with van der Waals surface area (Å²) in [5, 5.41) is 8.91. The van der Waals surface area contributed by atoms with Crippen LogP contribution in [0, 0.1) is 29.1 Å². The van der Waals surface area contributed by atoms with Gasteiger partial charge < -0.3 is 9.47 Å². The number of rotatable bonds is 5. The first-order chi connectivity index (χ1) is 9.33. The molecule has 0 unspecified atom stereocenters. The van der Waals surface area contributed by atoms with E-state index >= 15 is 0 Å². The van der Waals surface area contributed by atoms with E-state index in [4.69, 9.17) is 14.7 Å². The smallest absolute Gasteiger partial charge is 0.160 e. The zero-order valence-electron chi connectivity index (χ0n) is 12.1. The van der Waals surface area contributed by atoms with Crippen LogP contribution in [0.2, 0.25) is 0 Å². The highest BCUT2D eigenvalue weighted by Gasteiger charge is 2.32. The van der Waals surface area contributed by atoms with Gasteiger partial charge in [0.1, 0.15) is 0 Å². The van der Waals surface area contributed by atoms with E-state index in [0.29, 0.717) is 11.8 Å². The average molecular weight is 265 g/mol. The summed E-state index contributed by atoms with van der Waals surface area (Å²) < 4.78 is 11.8. The first-order valence-corrected chi connectivity index (χ1v) is 7.96. The number of unbranched alkanes of at least 4 members (excludes halogenated alkanes) is 2. The van der Waals surface area contributed by atoms with Crippen LogP contribution >= 0.6 is 0 Å². The lowest BCUT2D eigenvalue weighted by atomic mass is 9.82. The lowest BCUT2D eigenvalue weighted by molar-refractivity contribution is -0.229. The summed E-state index contributed by atoms with van der Waals surface area (Å²) in [6.45, 7) is 3.97. The topological polar surface area (TPSA) is 42.2 Å². The van der Waals surface area contributed by atoms with Gasteiger partial charge in [0, 0.05) is 17.8 Å². The third-order valence-electron chi connectivity index (χ3n) is 4.55. The third-order valence-corrected chi connectivity index (χ3v) is 4.55. The number of nitriles is 1. The molecular weight excluding hydrogens is 238 g/mol. The molecule has 0 spiro atoms. The molecule has 108 valence electrons. The van der Waals surface area contributed by atoms with Gasteiger partial charge in [-0.2, -0.15) is 5.26 Å². The quantitative estimate of drug-likeness (QED) is 0.708. The lowest BCUT2D eigenvalue weighted by Gasteiger charge is -2.36. The Bertz CT molecular complexity index is 284. The fourth-order valence-corrected chi connectivity index (χ4v) is 3.20. The number of hydrogen-bond donors (Lipinski definition) is 0. The fourth-order valence-electron chi connectivity index (χ4n) is 3.20. The Balaban J connectivity index is 1.65. The Morgan fingerprint density at radius 1 is 1.05 bits per heavy atom. The minimum Gasteiger partial charge on any atom is -0.352 e. The molecule has 0 N–H and O–H groups in total. The number of hydrogen-bond acceptors (Lipinski definition) is 3. The van der Waals surface area contributed by atoms with E-state index < -0.39 is 0 Å². The van der Waals surface area contributed by atoms with Gasteiger partial charge in [0.15, 0.2) is 6.29 Å². The van der Waals surface area contributed by atoms with Gasteiger partial charge in [0.05, 0.1) is 19.3 Å². The zero-order valence-corrected chi connectivity index (χ0v) is 12.1. The Kier molecular flexibility index (Phi) is 6.13. The van der Waals surface area contributed by atoms with Gasteiger partial charge in [0.2, 0.25) is 0 Å². The molecule has 19 heavy (non-hydrogen) atoms. The zero-order chi connectivity index (χ0) is 13.5. The molecule has 1 saturated heterocycles. The summed E-state index contributed by atoms with van der Waals surface area (Å²) in [5.74, 6) is 1.38. The van der Waals surface area contributed by atoms with Gasteiger partial charge in [-0.15, -0.1) is 0 Å². The van der Waals surface area contributed by atoms with Gasteiger partial charge in [-0.05, 0) is 32.1 Å². The van der Waals surface area contributed by atoms with E-state index in [2.05, 4.69) is 13.0 Å². The summed E-state index contributed by atoms with van der Waals surface area (Å²) in [5.41, 5.74) is 0. The van der Waals surface area contributed by atoms with E-state index in [0.717, 1.165) is 38.9 Å². The van der Waals surface area contributed by atoms with E-state index in [1.165, 1.54) is 25.7 Å². The molecule has 1 aliphatic heterocycles. The summed E-state index contributed by atoms with van der Waals surface area (Å²) >= 11 is 0. The lowest BCUT2D eigenvalue weighted by Crippen LogP contribution is -2.38. The summed E-state index contributed by atoms with van der Waals surface area (Å²) in [4.78, 5) is 0. The van der Waals surface area contributed by atoms with Crippen LogP contribution < -0.4 is 0 Å². The van der Waals surface area contributed by atoms with Crippen molar-refractivity contribution in [2.24, 2.45) is 17.8 Å². The van der Waals surface area contributed by atoms with Crippen molar-refractivity contribution >= 4 is 0 Å².